The van der Waals surface area contributed by atoms with E-state index in [-0.39, 0.29) is 58.9 Å². The summed E-state index contributed by atoms with van der Waals surface area (Å²) in [5.74, 6) is 0. The molecule has 0 bridgehead atoms. The number of allylic oxidation sites excluding steroid dienone is 4. The van der Waals surface area contributed by atoms with Crippen LogP contribution in [0, 0.1) is 6.08 Å². The molecule has 0 aromatic heterocycles. The van der Waals surface area contributed by atoms with Gasteiger partial charge in [0.05, 0.1) is 8.07 Å². The van der Waals surface area contributed by atoms with Crippen LogP contribution in [-0.4, -0.2) is 8.07 Å². The van der Waals surface area contributed by atoms with E-state index in [1.807, 2.05) is 0 Å². The number of unbranched alkanes of at least 4 members (excludes halogenated alkanes) is 18. The predicted molar refractivity (Wildman–Crippen MR) is 276 cm³/mol. The minimum absolute atomic E-state index is 0. The molecule has 65 heavy (non-hydrogen) atoms. The second kappa shape index (κ2) is 37.8. The topological polar surface area (TPSA) is 0 Å². The molecule has 3 aromatic rings. The maximum atomic E-state index is 3.85. The van der Waals surface area contributed by atoms with E-state index in [0.717, 1.165) is 6.42 Å². The predicted octanol–water partition coefficient (Wildman–Crippen LogP) is 7.52. The maximum absolute atomic E-state index is 3.85. The Bertz CT molecular complexity index is 1480. The molecular formula is C60H93Cl3SiTi. The monoisotopic (exact) mass is 995 g/mol. The molecule has 0 N–H and O–H groups in total. The molecule has 0 saturated carbocycles. The fourth-order valence-corrected chi connectivity index (χ4v) is 15.8. The Morgan fingerprint density at radius 3 is 0.769 bits per heavy atom. The van der Waals surface area contributed by atoms with Crippen molar-refractivity contribution in [1.29, 1.82) is 0 Å². The Morgan fingerprint density at radius 2 is 0.585 bits per heavy atom. The molecule has 0 unspecified atom stereocenters. The van der Waals surface area contributed by atoms with Crippen LogP contribution in [-0.2, 0) is 60.2 Å². The number of hydrogen-bond donors (Lipinski definition) is 0. The van der Waals surface area contributed by atoms with Crippen LogP contribution < -0.4 is 52.8 Å². The van der Waals surface area contributed by atoms with E-state index >= 15 is 0 Å². The normalized spacial score (nSPS) is 12.2. The second-order valence-corrected chi connectivity index (χ2v) is 23.2. The summed E-state index contributed by atoms with van der Waals surface area (Å²) in [6.45, 7) is 16.5. The summed E-state index contributed by atoms with van der Waals surface area (Å²) in [7, 11) is -2.78. The maximum Gasteiger partial charge on any atom is 4.00 e. The van der Waals surface area contributed by atoms with Crippen molar-refractivity contribution in [1.82, 2.24) is 0 Å². The molecule has 0 amide bonds. The summed E-state index contributed by atoms with van der Waals surface area (Å²) in [6.07, 6.45) is 46.0. The average Bonchev–Trinajstić information content (AvgIpc) is 3.70. The van der Waals surface area contributed by atoms with Gasteiger partial charge in [0.15, 0.2) is 0 Å². The van der Waals surface area contributed by atoms with Crippen LogP contribution in [0.5, 0.6) is 0 Å². The summed E-state index contributed by atoms with van der Waals surface area (Å²) in [5, 5.41) is 6.69. The number of benzene rings is 3. The molecule has 0 fully saturated rings. The van der Waals surface area contributed by atoms with Gasteiger partial charge < -0.3 is 37.2 Å². The van der Waals surface area contributed by atoms with Crippen LogP contribution in [0.3, 0.4) is 0 Å². The van der Waals surface area contributed by atoms with Gasteiger partial charge in [0.1, 0.15) is 0 Å². The van der Waals surface area contributed by atoms with E-state index < -0.39 is 8.07 Å². The number of hydrogen-bond acceptors (Lipinski definition) is 0. The van der Waals surface area contributed by atoms with Crippen LogP contribution in [0.1, 0.15) is 242 Å². The number of halogens is 3. The van der Waals surface area contributed by atoms with Crippen molar-refractivity contribution in [3.63, 3.8) is 0 Å². The summed E-state index contributed by atoms with van der Waals surface area (Å²) in [5.41, 5.74) is 11.0. The Morgan fingerprint density at radius 1 is 0.354 bits per heavy atom. The number of rotatable bonds is 34. The molecular weight excluding hydrogens is 903 g/mol. The molecule has 0 spiro atoms. The van der Waals surface area contributed by atoms with Crippen molar-refractivity contribution in [2.24, 2.45) is 0 Å². The molecule has 3 aromatic carbocycles. The van der Waals surface area contributed by atoms with Gasteiger partial charge in [-0.1, -0.05) is 241 Å². The third-order valence-corrected chi connectivity index (χ3v) is 18.8. The third kappa shape index (κ3) is 21.2. The van der Waals surface area contributed by atoms with E-state index in [4.69, 9.17) is 0 Å². The van der Waals surface area contributed by atoms with E-state index in [1.54, 1.807) is 54.1 Å². The van der Waals surface area contributed by atoms with Crippen molar-refractivity contribution >= 4 is 23.6 Å². The Balaban J connectivity index is 0.0000102. The van der Waals surface area contributed by atoms with Gasteiger partial charge in [-0.05, 0) is 110 Å². The molecule has 362 valence electrons. The summed E-state index contributed by atoms with van der Waals surface area (Å²) < 4.78 is 0. The first-order valence-electron chi connectivity index (χ1n) is 26.6. The fraction of sp³-hybridized carbons (Fsp3) is 0.633. The van der Waals surface area contributed by atoms with Crippen LogP contribution in [0.25, 0.3) is 0 Å². The molecule has 0 nitrogen and oxygen atoms in total. The standard InChI is InChI=1S/C60H93Si.3ClH.Ti/c1-8-14-20-26-34-51-41-52(35-27-21-15-9-2)45-57(44-51)61(60-40-32-33-50(60)7,58-46-53(36-28-22-16-10-3)42-54(47-58)37-29-23-17-11-4)59-48-55(38-30-24-18-12-5)43-56(49-59)39-31-25-19-13-6;;;;/h32,41-49H,8-31,34-40H2,1-7H3;3*1H;/q-1;;;;+4/p-3. The van der Waals surface area contributed by atoms with Gasteiger partial charge in [0, 0.05) is 0 Å². The van der Waals surface area contributed by atoms with Gasteiger partial charge in [0.25, 0.3) is 0 Å². The van der Waals surface area contributed by atoms with Gasteiger partial charge in [0.2, 0.25) is 0 Å². The van der Waals surface area contributed by atoms with E-state index in [1.165, 1.54) is 198 Å². The minimum Gasteiger partial charge on any atom is -1.00 e. The largest absolute Gasteiger partial charge is 4.00 e. The zero-order valence-electron chi connectivity index (χ0n) is 42.8. The van der Waals surface area contributed by atoms with Gasteiger partial charge in [-0.15, -0.1) is 0 Å². The second-order valence-electron chi connectivity index (χ2n) is 19.4. The van der Waals surface area contributed by atoms with Gasteiger partial charge in [-0.2, -0.15) is 6.08 Å². The zero-order valence-corrected chi connectivity index (χ0v) is 47.7. The van der Waals surface area contributed by atoms with Crippen molar-refractivity contribution < 1.29 is 58.9 Å². The molecule has 0 radical (unpaired) electrons. The molecule has 4 rings (SSSR count). The van der Waals surface area contributed by atoms with Crippen molar-refractivity contribution in [3.8, 4) is 0 Å². The van der Waals surface area contributed by atoms with Crippen molar-refractivity contribution in [2.45, 2.75) is 248 Å². The van der Waals surface area contributed by atoms with Crippen LogP contribution in [0.2, 0.25) is 0 Å². The quantitative estimate of drug-likeness (QED) is 0.0252. The van der Waals surface area contributed by atoms with Crippen LogP contribution in [0.15, 0.2) is 71.4 Å². The summed E-state index contributed by atoms with van der Waals surface area (Å²) in [4.78, 5) is 0. The Labute approximate surface area is 437 Å². The van der Waals surface area contributed by atoms with Gasteiger partial charge in [-0.3, -0.25) is 6.08 Å². The first-order chi connectivity index (χ1) is 29.9. The molecule has 1 aliphatic rings. The third-order valence-electron chi connectivity index (χ3n) is 13.9. The Kier molecular flexibility index (Phi) is 37.2. The van der Waals surface area contributed by atoms with Crippen LogP contribution in [0.4, 0.5) is 0 Å². The molecule has 0 atom stereocenters. The fourth-order valence-electron chi connectivity index (χ4n) is 10.3. The summed E-state index contributed by atoms with van der Waals surface area (Å²) in [6, 6.07) is 24.6. The first-order valence-corrected chi connectivity index (χ1v) is 28.6. The molecule has 0 aliphatic heterocycles. The SMILES string of the molecule is CCCCCCc1cc(CCCCCC)cc([Si](C2=C(C)[C-]=CC2)(c2cc(CCCCCC)cc(CCCCCC)c2)c2cc(CCCCCC)cc(CCCCCC)c2)c1.[Cl-].[Cl-].[Cl-].[Ti+4]. The average molecular weight is 997 g/mol. The van der Waals surface area contributed by atoms with E-state index in [2.05, 4.69) is 115 Å². The van der Waals surface area contributed by atoms with Gasteiger partial charge in [-0.25, -0.2) is 10.8 Å². The van der Waals surface area contributed by atoms with E-state index in [0.29, 0.717) is 0 Å². The smallest absolute Gasteiger partial charge is 1.00 e. The molecule has 1 aliphatic carbocycles. The van der Waals surface area contributed by atoms with Gasteiger partial charge >= 0.3 is 21.7 Å². The van der Waals surface area contributed by atoms with Crippen LogP contribution >= 0.6 is 0 Å². The molecule has 5 heteroatoms. The Hall–Kier alpha value is -1.06. The minimum atomic E-state index is -2.78. The van der Waals surface area contributed by atoms with Crippen molar-refractivity contribution in [2.75, 3.05) is 0 Å². The molecule has 0 heterocycles. The number of aryl methyl sites for hydroxylation is 6. The molecule has 0 saturated heterocycles. The van der Waals surface area contributed by atoms with Crippen molar-refractivity contribution in [3.05, 3.63) is 111 Å². The summed E-state index contributed by atoms with van der Waals surface area (Å²) >= 11 is 0. The van der Waals surface area contributed by atoms with E-state index in [9.17, 15) is 0 Å². The zero-order chi connectivity index (χ0) is 43.5. The first kappa shape index (κ1) is 63.9.